The number of hydrogen-bond acceptors (Lipinski definition) is 6. The van der Waals surface area contributed by atoms with Crippen LogP contribution in [0.1, 0.15) is 367 Å². The Hall–Kier alpha value is -2.89. The fourth-order valence-electron chi connectivity index (χ4n) is 10.2. The topological polar surface area (TPSA) is 78.9 Å². The monoisotopic (exact) mass is 1110 g/mol. The van der Waals surface area contributed by atoms with Crippen molar-refractivity contribution in [3.8, 4) is 0 Å². The van der Waals surface area contributed by atoms with Crippen LogP contribution in [0, 0.1) is 0 Å². The molecule has 0 rings (SSSR count). The second-order valence-electron chi connectivity index (χ2n) is 23.4. The summed E-state index contributed by atoms with van der Waals surface area (Å²) in [5, 5.41) is 0. The minimum Gasteiger partial charge on any atom is -0.462 e. The first kappa shape index (κ1) is 76.1. The molecule has 0 heterocycles. The van der Waals surface area contributed by atoms with Crippen molar-refractivity contribution >= 4 is 17.9 Å². The quantitative estimate of drug-likeness (QED) is 0.0261. The van der Waals surface area contributed by atoms with Gasteiger partial charge in [0.1, 0.15) is 13.2 Å². The van der Waals surface area contributed by atoms with E-state index in [1.807, 2.05) is 0 Å². The van der Waals surface area contributed by atoms with E-state index < -0.39 is 6.10 Å². The van der Waals surface area contributed by atoms with Crippen LogP contribution in [0.4, 0.5) is 0 Å². The molecule has 0 saturated carbocycles. The van der Waals surface area contributed by atoms with E-state index in [9.17, 15) is 14.4 Å². The first-order valence-electron chi connectivity index (χ1n) is 34.8. The fourth-order valence-corrected chi connectivity index (χ4v) is 10.2. The Bertz CT molecular complexity index is 1410. The molecule has 0 spiro atoms. The van der Waals surface area contributed by atoms with Gasteiger partial charge < -0.3 is 14.2 Å². The number of ether oxygens (including phenoxy) is 3. The second kappa shape index (κ2) is 67.6. The summed E-state index contributed by atoms with van der Waals surface area (Å²) in [6.07, 6.45) is 86.7. The SMILES string of the molecule is CCCCC/C=C\C/C=C\C/C=C\C/C=C\CCCCCC(=O)OC[C@H](COC(=O)CCCCCCCCCCCCCCCCCCCCCCC)OC(=O)CCCCCCCCCCCCC/C=C\CCCCCCCC. The van der Waals surface area contributed by atoms with Crippen LogP contribution in [-0.2, 0) is 28.6 Å². The first-order chi connectivity index (χ1) is 39.0. The molecule has 0 radical (unpaired) electrons. The van der Waals surface area contributed by atoms with Crippen molar-refractivity contribution in [3.05, 3.63) is 60.8 Å². The highest BCUT2D eigenvalue weighted by Crippen LogP contribution is 2.18. The van der Waals surface area contributed by atoms with Crippen molar-refractivity contribution < 1.29 is 28.6 Å². The zero-order valence-electron chi connectivity index (χ0n) is 52.9. The third-order valence-corrected chi connectivity index (χ3v) is 15.5. The second-order valence-corrected chi connectivity index (χ2v) is 23.4. The van der Waals surface area contributed by atoms with Crippen LogP contribution in [0.2, 0.25) is 0 Å². The Balaban J connectivity index is 4.38. The largest absolute Gasteiger partial charge is 0.462 e. The molecule has 0 saturated heterocycles. The van der Waals surface area contributed by atoms with Gasteiger partial charge in [-0.05, 0) is 89.9 Å². The molecule has 0 unspecified atom stereocenters. The van der Waals surface area contributed by atoms with Crippen molar-refractivity contribution in [2.24, 2.45) is 0 Å². The van der Waals surface area contributed by atoms with Crippen LogP contribution in [0.5, 0.6) is 0 Å². The summed E-state index contributed by atoms with van der Waals surface area (Å²) < 4.78 is 17.0. The summed E-state index contributed by atoms with van der Waals surface area (Å²) in [6.45, 7) is 6.65. The maximum Gasteiger partial charge on any atom is 0.306 e. The summed E-state index contributed by atoms with van der Waals surface area (Å²) in [5.74, 6) is -0.890. The lowest BCUT2D eigenvalue weighted by molar-refractivity contribution is -0.167. The summed E-state index contributed by atoms with van der Waals surface area (Å²) in [7, 11) is 0. The lowest BCUT2D eigenvalue weighted by Gasteiger charge is -2.18. The van der Waals surface area contributed by atoms with Crippen molar-refractivity contribution in [2.75, 3.05) is 13.2 Å². The number of unbranched alkanes of at least 4 members (excludes halogenated alkanes) is 43. The minimum absolute atomic E-state index is 0.0808. The molecule has 0 aromatic carbocycles. The molecule has 0 aromatic heterocycles. The summed E-state index contributed by atoms with van der Waals surface area (Å²) in [5.41, 5.74) is 0. The molecule has 460 valence electrons. The molecule has 0 bridgehead atoms. The molecule has 0 N–H and O–H groups in total. The lowest BCUT2D eigenvalue weighted by atomic mass is 10.0. The Kier molecular flexibility index (Phi) is 65.1. The Morgan fingerprint density at radius 3 is 0.759 bits per heavy atom. The molecule has 0 aliphatic carbocycles. The van der Waals surface area contributed by atoms with E-state index in [0.29, 0.717) is 19.3 Å². The average Bonchev–Trinajstić information content (AvgIpc) is 3.45. The Labute approximate surface area is 491 Å². The van der Waals surface area contributed by atoms with Gasteiger partial charge >= 0.3 is 17.9 Å². The highest BCUT2D eigenvalue weighted by Gasteiger charge is 2.19. The molecule has 1 atom stereocenters. The van der Waals surface area contributed by atoms with Gasteiger partial charge in [-0.25, -0.2) is 0 Å². The molecule has 0 amide bonds. The standard InChI is InChI=1S/C73H132O6/c1-4-7-10-13-16-19-22-25-28-31-34-36-39-42-45-48-51-54-57-60-63-66-72(75)78-69-70(68-77-71(74)65-62-59-56-53-50-47-44-41-38-33-30-27-24-21-18-15-12-9-6-3)79-73(76)67-64-61-58-55-52-49-46-43-40-37-35-32-29-26-23-20-17-14-11-8-5-2/h18,21,26-27,29-30,38,41,47,50,70H,4-17,19-20,22-25,28,31-37,39-40,42-46,48-49,51-69H2,1-3H3/b21-18-,29-26-,30-27-,41-38-,50-47-/t70-/m1/s1. The van der Waals surface area contributed by atoms with E-state index in [1.165, 1.54) is 244 Å². The van der Waals surface area contributed by atoms with Crippen molar-refractivity contribution in [1.29, 1.82) is 0 Å². The highest BCUT2D eigenvalue weighted by molar-refractivity contribution is 5.71. The molecular formula is C73H132O6. The Morgan fingerprint density at radius 2 is 0.456 bits per heavy atom. The van der Waals surface area contributed by atoms with E-state index in [4.69, 9.17) is 14.2 Å². The zero-order chi connectivity index (χ0) is 57.1. The number of allylic oxidation sites excluding steroid dienone is 10. The van der Waals surface area contributed by atoms with Gasteiger partial charge in [0.15, 0.2) is 6.10 Å². The number of carbonyl (C=O) groups excluding carboxylic acids is 3. The van der Waals surface area contributed by atoms with Crippen molar-refractivity contribution in [1.82, 2.24) is 0 Å². The summed E-state index contributed by atoms with van der Waals surface area (Å²) in [6, 6.07) is 0. The van der Waals surface area contributed by atoms with Gasteiger partial charge in [0.2, 0.25) is 0 Å². The van der Waals surface area contributed by atoms with Crippen LogP contribution < -0.4 is 0 Å². The molecule has 0 fully saturated rings. The molecule has 6 heteroatoms. The van der Waals surface area contributed by atoms with Gasteiger partial charge in [0, 0.05) is 19.3 Å². The molecule has 79 heavy (non-hydrogen) atoms. The molecule has 0 aromatic rings. The molecular weight excluding hydrogens is 973 g/mol. The van der Waals surface area contributed by atoms with E-state index >= 15 is 0 Å². The van der Waals surface area contributed by atoms with Crippen molar-refractivity contribution in [2.45, 2.75) is 374 Å². The molecule has 0 aliphatic rings. The van der Waals surface area contributed by atoms with E-state index in [0.717, 1.165) is 83.5 Å². The van der Waals surface area contributed by atoms with Crippen LogP contribution in [-0.4, -0.2) is 37.2 Å². The molecule has 0 aliphatic heterocycles. The van der Waals surface area contributed by atoms with Gasteiger partial charge in [-0.15, -0.1) is 0 Å². The predicted octanol–water partition coefficient (Wildman–Crippen LogP) is 23.9. The maximum atomic E-state index is 13.0. The smallest absolute Gasteiger partial charge is 0.306 e. The average molecular weight is 1110 g/mol. The maximum absolute atomic E-state index is 13.0. The minimum atomic E-state index is -0.788. The third kappa shape index (κ3) is 65.8. The third-order valence-electron chi connectivity index (χ3n) is 15.5. The van der Waals surface area contributed by atoms with Gasteiger partial charge in [-0.2, -0.15) is 0 Å². The van der Waals surface area contributed by atoms with Crippen molar-refractivity contribution in [3.63, 3.8) is 0 Å². The van der Waals surface area contributed by atoms with E-state index in [2.05, 4.69) is 81.5 Å². The van der Waals surface area contributed by atoms with Crippen LogP contribution in [0.3, 0.4) is 0 Å². The zero-order valence-corrected chi connectivity index (χ0v) is 52.9. The normalized spacial score (nSPS) is 12.4. The summed E-state index contributed by atoms with van der Waals surface area (Å²) in [4.78, 5) is 38.4. The molecule has 6 nitrogen and oxygen atoms in total. The Morgan fingerprint density at radius 1 is 0.253 bits per heavy atom. The van der Waals surface area contributed by atoms with Crippen LogP contribution in [0.25, 0.3) is 0 Å². The van der Waals surface area contributed by atoms with Gasteiger partial charge in [0.25, 0.3) is 0 Å². The highest BCUT2D eigenvalue weighted by atomic mass is 16.6. The van der Waals surface area contributed by atoms with Gasteiger partial charge in [-0.1, -0.05) is 319 Å². The number of carbonyl (C=O) groups is 3. The van der Waals surface area contributed by atoms with Gasteiger partial charge in [0.05, 0.1) is 0 Å². The number of esters is 3. The number of rotatable bonds is 64. The van der Waals surface area contributed by atoms with Crippen LogP contribution >= 0.6 is 0 Å². The van der Waals surface area contributed by atoms with Crippen LogP contribution in [0.15, 0.2) is 60.8 Å². The predicted molar refractivity (Wildman–Crippen MR) is 344 cm³/mol. The van der Waals surface area contributed by atoms with E-state index in [1.54, 1.807) is 0 Å². The van der Waals surface area contributed by atoms with E-state index in [-0.39, 0.29) is 31.1 Å². The summed E-state index contributed by atoms with van der Waals surface area (Å²) >= 11 is 0. The lowest BCUT2D eigenvalue weighted by Crippen LogP contribution is -2.30. The van der Waals surface area contributed by atoms with Gasteiger partial charge in [-0.3, -0.25) is 14.4 Å². The first-order valence-corrected chi connectivity index (χ1v) is 34.8. The number of hydrogen-bond donors (Lipinski definition) is 0. The fraction of sp³-hybridized carbons (Fsp3) is 0.822.